The molecule has 10 atom stereocenters. The molecular formula is C49H74O9. The highest BCUT2D eigenvalue weighted by molar-refractivity contribution is 5.27. The second kappa shape index (κ2) is 22.2. The zero-order valence-corrected chi connectivity index (χ0v) is 36.9. The molecule has 9 heteroatoms. The van der Waals surface area contributed by atoms with Crippen LogP contribution in [0.5, 0.6) is 11.5 Å². The second-order valence-electron chi connectivity index (χ2n) is 17.7. The molecule has 4 aliphatic rings. The number of rotatable bonds is 18. The normalized spacial score (nSPS) is 30.1. The smallest absolute Gasteiger partial charge is 0.163 e. The Morgan fingerprint density at radius 2 is 1.05 bits per heavy atom. The van der Waals surface area contributed by atoms with Gasteiger partial charge in [-0.05, 0) is 102 Å². The highest BCUT2D eigenvalue weighted by Crippen LogP contribution is 2.38. The standard InChI is InChI=1S/C25H38O4.C24H36O5/c1-6-8-23-24(29-25(3,4)28-23)18(2)11-14-20-9-7-10-22(20)27-17-19-12-15-21(26-5)16-13-19;1-17(23-22(14-15-25)28-24(2,3)29-23)8-11-19-6-5-7-21(19)27-16-18-9-12-20(26-4)13-10-18/h11-16,18,20,22-24H,6-10,17H2,1-5H3;8-13,17,19,21-23,25H,5-7,14-16H2,1-4H3/b14-11-;11-8-/t18?,20-,22+,23?,24?;17?,19-,21+,22?,23?/m11/s1. The van der Waals surface area contributed by atoms with Gasteiger partial charge in [0.2, 0.25) is 0 Å². The highest BCUT2D eigenvalue weighted by atomic mass is 16.8. The molecule has 0 radical (unpaired) electrons. The van der Waals surface area contributed by atoms with Gasteiger partial charge in [-0.1, -0.05) is 88.6 Å². The summed E-state index contributed by atoms with van der Waals surface area (Å²) in [6, 6.07) is 16.2. The lowest BCUT2D eigenvalue weighted by atomic mass is 9.94. The molecule has 2 aliphatic carbocycles. The summed E-state index contributed by atoms with van der Waals surface area (Å²) in [6.07, 6.45) is 19.8. The molecular weight excluding hydrogens is 733 g/mol. The zero-order valence-electron chi connectivity index (χ0n) is 36.9. The fourth-order valence-corrected chi connectivity index (χ4v) is 8.94. The summed E-state index contributed by atoms with van der Waals surface area (Å²) in [6.45, 7) is 15.9. The van der Waals surface area contributed by atoms with Gasteiger partial charge in [-0.3, -0.25) is 0 Å². The van der Waals surface area contributed by atoms with Crippen LogP contribution in [0.2, 0.25) is 0 Å². The Labute approximate surface area is 349 Å². The lowest BCUT2D eigenvalue weighted by Gasteiger charge is -2.22. The monoisotopic (exact) mass is 807 g/mol. The highest BCUT2D eigenvalue weighted by Gasteiger charge is 2.44. The van der Waals surface area contributed by atoms with Crippen molar-refractivity contribution in [3.63, 3.8) is 0 Å². The van der Waals surface area contributed by atoms with E-state index in [9.17, 15) is 5.11 Å². The molecule has 2 aromatic carbocycles. The average molecular weight is 807 g/mol. The van der Waals surface area contributed by atoms with Crippen LogP contribution in [0, 0.1) is 23.7 Å². The molecule has 4 fully saturated rings. The van der Waals surface area contributed by atoms with Crippen LogP contribution in [-0.4, -0.2) is 74.1 Å². The van der Waals surface area contributed by atoms with Crippen molar-refractivity contribution in [2.75, 3.05) is 20.8 Å². The van der Waals surface area contributed by atoms with E-state index >= 15 is 0 Å². The summed E-state index contributed by atoms with van der Waals surface area (Å²) in [5.74, 6) is 2.14. The van der Waals surface area contributed by atoms with Crippen LogP contribution in [0.25, 0.3) is 0 Å². The summed E-state index contributed by atoms with van der Waals surface area (Å²) in [5.41, 5.74) is 2.36. The minimum absolute atomic E-state index is 0.0338. The van der Waals surface area contributed by atoms with E-state index in [1.807, 2.05) is 52.0 Å². The Balaban J connectivity index is 0.000000221. The number of aliphatic hydroxyl groups is 1. The summed E-state index contributed by atoms with van der Waals surface area (Å²) in [4.78, 5) is 0. The maximum atomic E-state index is 9.34. The van der Waals surface area contributed by atoms with Gasteiger partial charge in [0.25, 0.3) is 0 Å². The predicted molar refractivity (Wildman–Crippen MR) is 229 cm³/mol. The van der Waals surface area contributed by atoms with E-state index in [-0.39, 0.29) is 43.0 Å². The van der Waals surface area contributed by atoms with Crippen LogP contribution in [0.3, 0.4) is 0 Å². The first-order valence-corrected chi connectivity index (χ1v) is 22.0. The molecule has 2 aromatic rings. The largest absolute Gasteiger partial charge is 0.497 e. The van der Waals surface area contributed by atoms with Crippen LogP contribution >= 0.6 is 0 Å². The van der Waals surface area contributed by atoms with E-state index < -0.39 is 11.6 Å². The number of hydrogen-bond donors (Lipinski definition) is 1. The fourth-order valence-electron chi connectivity index (χ4n) is 8.94. The lowest BCUT2D eigenvalue weighted by Crippen LogP contribution is -2.29. The van der Waals surface area contributed by atoms with Gasteiger partial charge < -0.3 is 43.0 Å². The SMILES string of the molecule is CCCC1OC(C)(C)OC1C(C)/C=C\[C@H]1CCC[C@@H]1OCc1ccc(OC)cc1.COc1ccc(CO[C@H]2CCC[C@@H]2/C=C\C(C)C2OC(C)(C)OC2CCO)cc1. The number of ether oxygens (including phenoxy) is 8. The second-order valence-corrected chi connectivity index (χ2v) is 17.7. The van der Waals surface area contributed by atoms with Crippen molar-refractivity contribution < 1.29 is 43.0 Å². The summed E-state index contributed by atoms with van der Waals surface area (Å²) < 4.78 is 47.4. The predicted octanol–water partition coefficient (Wildman–Crippen LogP) is 10.4. The van der Waals surface area contributed by atoms with E-state index in [0.717, 1.165) is 43.6 Å². The average Bonchev–Trinajstić information content (AvgIpc) is 4.00. The number of benzene rings is 2. The van der Waals surface area contributed by atoms with Gasteiger partial charge in [0, 0.05) is 30.3 Å². The van der Waals surface area contributed by atoms with Crippen molar-refractivity contribution in [3.8, 4) is 11.5 Å². The van der Waals surface area contributed by atoms with Crippen molar-refractivity contribution in [2.24, 2.45) is 23.7 Å². The van der Waals surface area contributed by atoms with Gasteiger partial charge in [-0.2, -0.15) is 0 Å². The van der Waals surface area contributed by atoms with Crippen LogP contribution < -0.4 is 9.47 Å². The quantitative estimate of drug-likeness (QED) is 0.148. The first-order chi connectivity index (χ1) is 27.8. The molecule has 2 aliphatic heterocycles. The van der Waals surface area contributed by atoms with Gasteiger partial charge in [-0.15, -0.1) is 0 Å². The molecule has 6 unspecified atom stereocenters. The molecule has 0 bridgehead atoms. The molecule has 1 N–H and O–H groups in total. The van der Waals surface area contributed by atoms with Crippen LogP contribution in [0.15, 0.2) is 72.8 Å². The molecule has 2 saturated heterocycles. The van der Waals surface area contributed by atoms with E-state index in [2.05, 4.69) is 69.3 Å². The molecule has 58 heavy (non-hydrogen) atoms. The molecule has 0 spiro atoms. The topological polar surface area (TPSA) is 94.1 Å². The first-order valence-electron chi connectivity index (χ1n) is 22.0. The van der Waals surface area contributed by atoms with Crippen LogP contribution in [0.4, 0.5) is 0 Å². The van der Waals surface area contributed by atoms with E-state index in [0.29, 0.717) is 43.5 Å². The third-order valence-corrected chi connectivity index (χ3v) is 12.0. The molecule has 0 aromatic heterocycles. The summed E-state index contributed by atoms with van der Waals surface area (Å²) in [5, 5.41) is 9.34. The third-order valence-electron chi connectivity index (χ3n) is 12.0. The van der Waals surface area contributed by atoms with Crippen LogP contribution in [0.1, 0.15) is 117 Å². The Bertz CT molecular complexity index is 1420. The summed E-state index contributed by atoms with van der Waals surface area (Å²) >= 11 is 0. The van der Waals surface area contributed by atoms with Gasteiger partial charge in [0.05, 0.1) is 64.1 Å². The molecule has 9 nitrogen and oxygen atoms in total. The van der Waals surface area contributed by atoms with Crippen LogP contribution in [-0.2, 0) is 41.6 Å². The molecule has 324 valence electrons. The Morgan fingerprint density at radius 1 is 0.638 bits per heavy atom. The fraction of sp³-hybridized carbons (Fsp3) is 0.673. The van der Waals surface area contributed by atoms with Gasteiger partial charge in [-0.25, -0.2) is 0 Å². The van der Waals surface area contributed by atoms with Crippen molar-refractivity contribution in [1.29, 1.82) is 0 Å². The van der Waals surface area contributed by atoms with Crippen molar-refractivity contribution in [1.82, 2.24) is 0 Å². The Kier molecular flexibility index (Phi) is 17.7. The van der Waals surface area contributed by atoms with Gasteiger partial charge >= 0.3 is 0 Å². The minimum Gasteiger partial charge on any atom is -0.497 e. The number of aliphatic hydroxyl groups excluding tert-OH is 1. The number of hydrogen-bond acceptors (Lipinski definition) is 9. The maximum absolute atomic E-state index is 9.34. The Morgan fingerprint density at radius 3 is 1.43 bits per heavy atom. The zero-order chi connectivity index (χ0) is 41.7. The Hall–Kier alpha value is -2.76. The molecule has 0 amide bonds. The van der Waals surface area contributed by atoms with Gasteiger partial charge in [0.15, 0.2) is 11.6 Å². The molecule has 2 heterocycles. The maximum Gasteiger partial charge on any atom is 0.163 e. The van der Waals surface area contributed by atoms with E-state index in [1.165, 1.54) is 30.4 Å². The third kappa shape index (κ3) is 13.6. The molecule has 2 saturated carbocycles. The number of methoxy groups -OCH3 is 2. The van der Waals surface area contributed by atoms with Crippen molar-refractivity contribution in [2.45, 2.75) is 168 Å². The lowest BCUT2D eigenvalue weighted by molar-refractivity contribution is -0.149. The van der Waals surface area contributed by atoms with Gasteiger partial charge in [0.1, 0.15) is 11.5 Å². The van der Waals surface area contributed by atoms with E-state index in [1.54, 1.807) is 14.2 Å². The molecule has 6 rings (SSSR count). The minimum atomic E-state index is -0.593. The summed E-state index contributed by atoms with van der Waals surface area (Å²) in [7, 11) is 3.37. The first kappa shape index (κ1) is 46.3. The van der Waals surface area contributed by atoms with E-state index in [4.69, 9.17) is 37.9 Å². The van der Waals surface area contributed by atoms with Crippen molar-refractivity contribution >= 4 is 0 Å². The van der Waals surface area contributed by atoms with Crippen molar-refractivity contribution in [3.05, 3.63) is 84.0 Å².